The fourth-order valence-corrected chi connectivity index (χ4v) is 2.96. The second-order valence-corrected chi connectivity index (χ2v) is 6.98. The Balaban J connectivity index is 2.08. The molecule has 138 valence electrons. The van der Waals surface area contributed by atoms with Gasteiger partial charge in [-0.15, -0.1) is 5.11 Å². The Morgan fingerprint density at radius 3 is 2.37 bits per heavy atom. The molecule has 0 fully saturated rings. The van der Waals surface area contributed by atoms with Crippen molar-refractivity contribution in [3.63, 3.8) is 0 Å². The molecule has 3 aromatic carbocycles. The average molecular weight is 387 g/mol. The number of azo groups is 1. The largest absolute Gasteiger partial charge is 0.507 e. The van der Waals surface area contributed by atoms with Crippen molar-refractivity contribution in [1.82, 2.24) is 0 Å². The molecule has 0 heterocycles. The number of aromatic hydroxyl groups is 1. The molecular weight excluding hydrogens is 374 g/mol. The maximum Gasteiger partial charge on any atom is 0.339 e. The van der Waals surface area contributed by atoms with Crippen LogP contribution >= 0.6 is 0 Å². The summed E-state index contributed by atoms with van der Waals surface area (Å²) in [6.45, 7) is 0. The Morgan fingerprint density at radius 2 is 1.70 bits per heavy atom. The zero-order chi connectivity index (χ0) is 19.8. The zero-order valence-electron chi connectivity index (χ0n) is 13.6. The Hall–Kier alpha value is -3.50. The lowest BCUT2D eigenvalue weighted by molar-refractivity contribution is 0.0693. The summed E-state index contributed by atoms with van der Waals surface area (Å²) in [5, 5.41) is 27.4. The topological polar surface area (TPSA) is 163 Å². The Bertz CT molecular complexity index is 1200. The summed E-state index contributed by atoms with van der Waals surface area (Å²) in [7, 11) is -4.39. The van der Waals surface area contributed by atoms with Crippen LogP contribution in [0.1, 0.15) is 10.4 Å². The van der Waals surface area contributed by atoms with Crippen molar-refractivity contribution in [2.45, 2.75) is 4.90 Å². The summed E-state index contributed by atoms with van der Waals surface area (Å²) in [5.41, 5.74) is 6.40. The zero-order valence-corrected chi connectivity index (χ0v) is 14.4. The van der Waals surface area contributed by atoms with Crippen LogP contribution in [0.5, 0.6) is 5.75 Å². The lowest BCUT2D eigenvalue weighted by Crippen LogP contribution is -1.98. The standard InChI is InChI=1S/C17H13N3O6S/c18-14-4-5-15(11-3-2-10(8-12(11)14)27(24,25)26)20-19-9-1-6-16(21)13(7-9)17(22)23/h1-8,21H,18H2,(H,22,23)(H,24,25,26)/b20-19+. The lowest BCUT2D eigenvalue weighted by Gasteiger charge is -2.06. The molecule has 0 aliphatic carbocycles. The molecule has 0 amide bonds. The van der Waals surface area contributed by atoms with Crippen molar-refractivity contribution in [1.29, 1.82) is 0 Å². The molecule has 0 spiro atoms. The molecule has 0 radical (unpaired) electrons. The van der Waals surface area contributed by atoms with Crippen molar-refractivity contribution < 1.29 is 28.0 Å². The van der Waals surface area contributed by atoms with Crippen molar-refractivity contribution in [2.75, 3.05) is 5.73 Å². The highest BCUT2D eigenvalue weighted by atomic mass is 32.2. The smallest absolute Gasteiger partial charge is 0.339 e. The van der Waals surface area contributed by atoms with E-state index in [9.17, 15) is 22.9 Å². The van der Waals surface area contributed by atoms with Gasteiger partial charge >= 0.3 is 5.97 Å². The molecule has 27 heavy (non-hydrogen) atoms. The van der Waals surface area contributed by atoms with Gasteiger partial charge in [-0.05, 0) is 42.5 Å². The number of phenols is 1. The molecule has 0 saturated heterocycles. The molecule has 0 saturated carbocycles. The van der Waals surface area contributed by atoms with E-state index in [0.717, 1.165) is 6.07 Å². The number of anilines is 1. The normalized spacial score (nSPS) is 11.9. The van der Waals surface area contributed by atoms with E-state index in [1.807, 2.05) is 0 Å². The minimum Gasteiger partial charge on any atom is -0.507 e. The summed E-state index contributed by atoms with van der Waals surface area (Å²) in [6, 6.07) is 10.7. The van der Waals surface area contributed by atoms with Gasteiger partial charge in [0.15, 0.2) is 0 Å². The van der Waals surface area contributed by atoms with E-state index < -0.39 is 21.8 Å². The number of fused-ring (bicyclic) bond motifs is 1. The van der Waals surface area contributed by atoms with Crippen molar-refractivity contribution in [3.8, 4) is 5.75 Å². The number of nitrogen functional groups attached to an aromatic ring is 1. The van der Waals surface area contributed by atoms with Gasteiger partial charge in [-0.25, -0.2) is 4.79 Å². The lowest BCUT2D eigenvalue weighted by atomic mass is 10.1. The molecule has 0 aromatic heterocycles. The number of carboxylic acid groups (broad SMARTS) is 1. The van der Waals surface area contributed by atoms with Crippen LogP contribution in [0, 0.1) is 0 Å². The number of carboxylic acids is 1. The van der Waals surface area contributed by atoms with Gasteiger partial charge in [0.05, 0.1) is 16.3 Å². The third-order valence-electron chi connectivity index (χ3n) is 3.78. The number of nitrogens with two attached hydrogens (primary N) is 1. The maximum atomic E-state index is 11.3. The first kappa shape index (κ1) is 18.3. The fraction of sp³-hybridized carbons (Fsp3) is 0. The van der Waals surface area contributed by atoms with E-state index >= 15 is 0 Å². The van der Waals surface area contributed by atoms with Crippen LogP contribution in [0.4, 0.5) is 17.1 Å². The number of benzene rings is 3. The Labute approximate surface area is 153 Å². The van der Waals surface area contributed by atoms with Gasteiger partial charge < -0.3 is 15.9 Å². The minimum absolute atomic E-state index is 0.199. The molecular formula is C17H13N3O6S. The second-order valence-electron chi connectivity index (χ2n) is 5.56. The Kier molecular flexibility index (Phi) is 4.52. The average Bonchev–Trinajstić information content (AvgIpc) is 2.61. The van der Waals surface area contributed by atoms with Crippen LogP contribution in [0.25, 0.3) is 10.8 Å². The van der Waals surface area contributed by atoms with Crippen LogP contribution in [0.3, 0.4) is 0 Å². The highest BCUT2D eigenvalue weighted by Gasteiger charge is 2.13. The quantitative estimate of drug-likeness (QED) is 0.302. The summed E-state index contributed by atoms with van der Waals surface area (Å²) in [5.74, 6) is -1.70. The molecule has 0 bridgehead atoms. The van der Waals surface area contributed by atoms with E-state index in [2.05, 4.69) is 10.2 Å². The van der Waals surface area contributed by atoms with Crippen LogP contribution < -0.4 is 5.73 Å². The summed E-state index contributed by atoms with van der Waals surface area (Å²) >= 11 is 0. The van der Waals surface area contributed by atoms with Crippen LogP contribution in [0.15, 0.2) is 63.7 Å². The minimum atomic E-state index is -4.39. The molecule has 3 aromatic rings. The molecule has 0 atom stereocenters. The van der Waals surface area contributed by atoms with Gasteiger partial charge in [0, 0.05) is 16.5 Å². The highest BCUT2D eigenvalue weighted by molar-refractivity contribution is 7.85. The van der Waals surface area contributed by atoms with E-state index in [0.29, 0.717) is 16.5 Å². The van der Waals surface area contributed by atoms with Crippen molar-refractivity contribution >= 4 is 43.9 Å². The SMILES string of the molecule is Nc1ccc(/N=N/c2ccc(O)c(C(=O)O)c2)c2ccc(S(=O)(=O)O)cc12. The number of carbonyl (C=O) groups is 1. The van der Waals surface area contributed by atoms with Gasteiger partial charge in [-0.1, -0.05) is 6.07 Å². The summed E-state index contributed by atoms with van der Waals surface area (Å²) < 4.78 is 31.8. The molecule has 0 unspecified atom stereocenters. The number of hydrogen-bond donors (Lipinski definition) is 4. The van der Waals surface area contributed by atoms with E-state index in [-0.39, 0.29) is 21.8 Å². The van der Waals surface area contributed by atoms with Crippen molar-refractivity contribution in [2.24, 2.45) is 10.2 Å². The number of aromatic carboxylic acids is 1. The third kappa shape index (κ3) is 3.71. The number of nitrogens with zero attached hydrogens (tertiary/aromatic N) is 2. The third-order valence-corrected chi connectivity index (χ3v) is 4.63. The molecule has 0 aliphatic rings. The molecule has 0 aliphatic heterocycles. The van der Waals surface area contributed by atoms with Crippen LogP contribution in [0.2, 0.25) is 0 Å². The Morgan fingerprint density at radius 1 is 0.963 bits per heavy atom. The number of rotatable bonds is 4. The van der Waals surface area contributed by atoms with E-state index in [1.165, 1.54) is 36.4 Å². The van der Waals surface area contributed by atoms with Crippen molar-refractivity contribution in [3.05, 3.63) is 54.1 Å². The first-order valence-corrected chi connectivity index (χ1v) is 8.88. The predicted molar refractivity (Wildman–Crippen MR) is 97.4 cm³/mol. The maximum absolute atomic E-state index is 11.3. The van der Waals surface area contributed by atoms with Crippen LogP contribution in [-0.2, 0) is 10.1 Å². The second kappa shape index (κ2) is 6.67. The highest BCUT2D eigenvalue weighted by Crippen LogP contribution is 2.33. The first-order valence-electron chi connectivity index (χ1n) is 7.44. The van der Waals surface area contributed by atoms with Gasteiger partial charge in [0.2, 0.25) is 0 Å². The fourth-order valence-electron chi connectivity index (χ4n) is 2.45. The number of hydrogen-bond acceptors (Lipinski definition) is 7. The molecule has 3 rings (SSSR count). The predicted octanol–water partition coefficient (Wildman–Crippen LogP) is 3.49. The van der Waals surface area contributed by atoms with Gasteiger partial charge in [-0.3, -0.25) is 4.55 Å². The van der Waals surface area contributed by atoms with Gasteiger partial charge in [0.25, 0.3) is 10.1 Å². The first-order chi connectivity index (χ1) is 12.7. The van der Waals surface area contributed by atoms with Crippen LogP contribution in [-0.4, -0.2) is 29.2 Å². The molecule has 5 N–H and O–H groups in total. The van der Waals surface area contributed by atoms with E-state index in [4.69, 9.17) is 10.8 Å². The molecule has 9 nitrogen and oxygen atoms in total. The van der Waals surface area contributed by atoms with E-state index in [1.54, 1.807) is 6.07 Å². The van der Waals surface area contributed by atoms with Gasteiger partial charge in [0.1, 0.15) is 11.3 Å². The van der Waals surface area contributed by atoms with Gasteiger partial charge in [-0.2, -0.15) is 13.5 Å². The summed E-state index contributed by atoms with van der Waals surface area (Å²) in [4.78, 5) is 10.8. The summed E-state index contributed by atoms with van der Waals surface area (Å²) in [6.07, 6.45) is 0. The molecule has 10 heteroatoms. The monoisotopic (exact) mass is 387 g/mol.